The lowest BCUT2D eigenvalue weighted by Gasteiger charge is -2.56. The number of hydrogen-bond acceptors (Lipinski definition) is 4. The normalized spacial score (nSPS) is 33.5. The van der Waals surface area contributed by atoms with Gasteiger partial charge in [-0.3, -0.25) is 9.69 Å². The zero-order valence-electron chi connectivity index (χ0n) is 15.4. The molecule has 5 nitrogen and oxygen atoms in total. The van der Waals surface area contributed by atoms with Crippen LogP contribution in [-0.2, 0) is 9.53 Å². The van der Waals surface area contributed by atoms with E-state index in [0.717, 1.165) is 58.2 Å². The Kier molecular flexibility index (Phi) is 5.83. The third kappa shape index (κ3) is 3.35. The molecule has 0 bridgehead atoms. The average Bonchev–Trinajstić information content (AvgIpc) is 2.62. The first-order chi connectivity index (χ1) is 11.6. The first-order valence-electron chi connectivity index (χ1n) is 9.92. The molecule has 0 aromatic rings. The first kappa shape index (κ1) is 18.2. The summed E-state index contributed by atoms with van der Waals surface area (Å²) in [4.78, 5) is 17.1. The van der Waals surface area contributed by atoms with Crippen molar-refractivity contribution < 1.29 is 14.6 Å². The van der Waals surface area contributed by atoms with Crippen LogP contribution in [0.15, 0.2) is 0 Å². The van der Waals surface area contributed by atoms with Gasteiger partial charge in [0, 0.05) is 31.0 Å². The largest absolute Gasteiger partial charge is 0.392 e. The Bertz CT molecular complexity index is 432. The van der Waals surface area contributed by atoms with Gasteiger partial charge in [0.15, 0.2) is 0 Å². The van der Waals surface area contributed by atoms with E-state index in [9.17, 15) is 9.90 Å². The fraction of sp³-hybridized carbons (Fsp3) is 0.947. The van der Waals surface area contributed by atoms with Crippen LogP contribution in [0, 0.1) is 5.41 Å². The van der Waals surface area contributed by atoms with Crippen molar-refractivity contribution in [1.82, 2.24) is 9.80 Å². The Labute approximate surface area is 146 Å². The van der Waals surface area contributed by atoms with Gasteiger partial charge in [0.2, 0.25) is 5.91 Å². The molecule has 3 atom stereocenters. The van der Waals surface area contributed by atoms with E-state index in [1.807, 2.05) is 6.92 Å². The van der Waals surface area contributed by atoms with Gasteiger partial charge >= 0.3 is 0 Å². The van der Waals surface area contributed by atoms with Crippen LogP contribution in [0.2, 0.25) is 0 Å². The van der Waals surface area contributed by atoms with Gasteiger partial charge in [0.1, 0.15) is 0 Å². The molecule has 24 heavy (non-hydrogen) atoms. The van der Waals surface area contributed by atoms with E-state index in [4.69, 9.17) is 4.74 Å². The third-order valence-electron chi connectivity index (χ3n) is 6.67. The van der Waals surface area contributed by atoms with Crippen molar-refractivity contribution in [3.05, 3.63) is 0 Å². The van der Waals surface area contributed by atoms with Gasteiger partial charge in [-0.15, -0.1) is 0 Å². The van der Waals surface area contributed by atoms with Crippen molar-refractivity contribution in [2.24, 2.45) is 5.41 Å². The first-order valence-corrected chi connectivity index (χ1v) is 9.92. The molecule has 3 unspecified atom stereocenters. The summed E-state index contributed by atoms with van der Waals surface area (Å²) >= 11 is 0. The lowest BCUT2D eigenvalue weighted by Crippen LogP contribution is -2.62. The highest BCUT2D eigenvalue weighted by molar-refractivity contribution is 5.78. The van der Waals surface area contributed by atoms with Gasteiger partial charge in [-0.25, -0.2) is 0 Å². The highest BCUT2D eigenvalue weighted by Crippen LogP contribution is 2.50. The van der Waals surface area contributed by atoms with Crippen LogP contribution < -0.4 is 0 Å². The van der Waals surface area contributed by atoms with Crippen LogP contribution >= 0.6 is 0 Å². The molecule has 1 aliphatic carbocycles. The summed E-state index contributed by atoms with van der Waals surface area (Å²) < 4.78 is 5.83. The minimum atomic E-state index is -0.224. The van der Waals surface area contributed by atoms with E-state index >= 15 is 0 Å². The fourth-order valence-electron chi connectivity index (χ4n) is 4.98. The lowest BCUT2D eigenvalue weighted by molar-refractivity contribution is -0.209. The Morgan fingerprint density at radius 3 is 2.58 bits per heavy atom. The van der Waals surface area contributed by atoms with Gasteiger partial charge in [-0.1, -0.05) is 6.92 Å². The molecular weight excluding hydrogens is 304 g/mol. The number of carbonyl (C=O) groups is 1. The smallest absolute Gasteiger partial charge is 0.236 e. The van der Waals surface area contributed by atoms with E-state index in [1.165, 1.54) is 6.42 Å². The standard InChI is InChI=1S/C19H34N2O3/c1-3-15-7-5-6-10-21(15)18(23)14-20-11-8-19(9-12-20)16(22)13-17(19)24-4-2/h15-17,22H,3-14H2,1-2H3. The molecule has 0 aromatic carbocycles. The maximum absolute atomic E-state index is 12.7. The van der Waals surface area contributed by atoms with E-state index in [1.54, 1.807) is 0 Å². The molecule has 138 valence electrons. The second-order valence-electron chi connectivity index (χ2n) is 7.85. The van der Waals surface area contributed by atoms with E-state index < -0.39 is 0 Å². The van der Waals surface area contributed by atoms with Crippen molar-refractivity contribution in [3.8, 4) is 0 Å². The van der Waals surface area contributed by atoms with Crippen molar-refractivity contribution in [2.45, 2.75) is 77.0 Å². The van der Waals surface area contributed by atoms with Gasteiger partial charge in [-0.05, 0) is 58.5 Å². The highest BCUT2D eigenvalue weighted by Gasteiger charge is 2.56. The number of ether oxygens (including phenoxy) is 1. The number of piperidine rings is 2. The third-order valence-corrected chi connectivity index (χ3v) is 6.67. The number of aliphatic hydroxyl groups excluding tert-OH is 1. The molecule has 3 aliphatic rings. The monoisotopic (exact) mass is 338 g/mol. The minimum absolute atomic E-state index is 0.0490. The van der Waals surface area contributed by atoms with Crippen LogP contribution in [0.5, 0.6) is 0 Å². The van der Waals surface area contributed by atoms with Gasteiger partial charge in [-0.2, -0.15) is 0 Å². The quantitative estimate of drug-likeness (QED) is 0.833. The van der Waals surface area contributed by atoms with E-state index in [0.29, 0.717) is 25.1 Å². The molecule has 1 spiro atoms. The summed E-state index contributed by atoms with van der Waals surface area (Å²) in [6, 6.07) is 0.443. The Morgan fingerprint density at radius 2 is 1.96 bits per heavy atom. The molecule has 1 N–H and O–H groups in total. The summed E-state index contributed by atoms with van der Waals surface area (Å²) in [5, 5.41) is 10.3. The van der Waals surface area contributed by atoms with Crippen LogP contribution in [0.1, 0.15) is 58.8 Å². The molecule has 3 fully saturated rings. The molecule has 3 rings (SSSR count). The second-order valence-corrected chi connectivity index (χ2v) is 7.85. The van der Waals surface area contributed by atoms with Crippen LogP contribution in [0.4, 0.5) is 0 Å². The van der Waals surface area contributed by atoms with Crippen LogP contribution in [-0.4, -0.2) is 71.8 Å². The predicted molar refractivity (Wildman–Crippen MR) is 93.8 cm³/mol. The van der Waals surface area contributed by atoms with Crippen LogP contribution in [0.3, 0.4) is 0 Å². The zero-order valence-corrected chi connectivity index (χ0v) is 15.4. The maximum Gasteiger partial charge on any atom is 0.236 e. The minimum Gasteiger partial charge on any atom is -0.392 e. The van der Waals surface area contributed by atoms with Gasteiger partial charge in [0.25, 0.3) is 0 Å². The van der Waals surface area contributed by atoms with E-state index in [-0.39, 0.29) is 17.6 Å². The lowest BCUT2D eigenvalue weighted by atomic mass is 9.58. The number of hydrogen-bond donors (Lipinski definition) is 1. The summed E-state index contributed by atoms with van der Waals surface area (Å²) in [5.74, 6) is 0.299. The van der Waals surface area contributed by atoms with Gasteiger partial charge in [0.05, 0.1) is 18.8 Å². The maximum atomic E-state index is 12.7. The van der Waals surface area contributed by atoms with Crippen molar-refractivity contribution in [2.75, 3.05) is 32.8 Å². The number of nitrogens with zero attached hydrogens (tertiary/aromatic N) is 2. The number of rotatable bonds is 5. The zero-order chi connectivity index (χ0) is 17.2. The molecule has 0 radical (unpaired) electrons. The Hall–Kier alpha value is -0.650. The van der Waals surface area contributed by atoms with Crippen molar-refractivity contribution in [3.63, 3.8) is 0 Å². The summed E-state index contributed by atoms with van der Waals surface area (Å²) in [7, 11) is 0. The molecule has 2 aliphatic heterocycles. The summed E-state index contributed by atoms with van der Waals surface area (Å²) in [6.07, 6.45) is 7.29. The van der Waals surface area contributed by atoms with Crippen molar-refractivity contribution in [1.29, 1.82) is 0 Å². The number of carbonyl (C=O) groups excluding carboxylic acids is 1. The van der Waals surface area contributed by atoms with Crippen LogP contribution in [0.25, 0.3) is 0 Å². The Morgan fingerprint density at radius 1 is 1.21 bits per heavy atom. The summed E-state index contributed by atoms with van der Waals surface area (Å²) in [5.41, 5.74) is -0.0490. The number of aliphatic hydroxyl groups is 1. The van der Waals surface area contributed by atoms with Gasteiger partial charge < -0.3 is 14.7 Å². The van der Waals surface area contributed by atoms with Crippen molar-refractivity contribution >= 4 is 5.91 Å². The average molecular weight is 338 g/mol. The second kappa shape index (κ2) is 7.71. The molecule has 0 aromatic heterocycles. The summed E-state index contributed by atoms with van der Waals surface area (Å²) in [6.45, 7) is 8.20. The fourth-order valence-corrected chi connectivity index (χ4v) is 4.98. The number of amides is 1. The SMILES string of the molecule is CCOC1CC(O)C12CCN(CC(=O)N1CCCCC1CC)CC2. The van der Waals surface area contributed by atoms with E-state index in [2.05, 4.69) is 16.7 Å². The molecule has 5 heteroatoms. The molecular formula is C19H34N2O3. The molecule has 2 saturated heterocycles. The molecule has 1 saturated carbocycles. The topological polar surface area (TPSA) is 53.0 Å². The highest BCUT2D eigenvalue weighted by atomic mass is 16.5. The Balaban J connectivity index is 1.51. The predicted octanol–water partition coefficient (Wildman–Crippen LogP) is 2.03. The number of likely N-dealkylation sites (tertiary alicyclic amines) is 2. The molecule has 1 amide bonds. The molecule has 2 heterocycles.